The van der Waals surface area contributed by atoms with Crippen LogP contribution in [0.1, 0.15) is 37.8 Å². The summed E-state index contributed by atoms with van der Waals surface area (Å²) in [4.78, 5) is 0. The molecule has 2 heteroatoms. The molecule has 0 saturated heterocycles. The second-order valence-electron chi connectivity index (χ2n) is 5.36. The molecule has 0 atom stereocenters. The minimum Gasteiger partial charge on any atom is -0.487 e. The van der Waals surface area contributed by atoms with E-state index in [9.17, 15) is 5.11 Å². The number of rotatable bonds is 1. The molecular weight excluding hydrogens is 188 g/mol. The van der Waals surface area contributed by atoms with Crippen LogP contribution >= 0.6 is 0 Å². The number of benzene rings is 1. The minimum absolute atomic E-state index is 0.121. The summed E-state index contributed by atoms with van der Waals surface area (Å²) < 4.78 is 5.93. The van der Waals surface area contributed by atoms with E-state index in [0.717, 1.165) is 30.6 Å². The topological polar surface area (TPSA) is 29.5 Å². The van der Waals surface area contributed by atoms with Gasteiger partial charge in [-0.3, -0.25) is 0 Å². The second-order valence-corrected chi connectivity index (χ2v) is 5.36. The Morgan fingerprint density at radius 3 is 2.67 bits per heavy atom. The van der Waals surface area contributed by atoms with Crippen molar-refractivity contribution in [3.63, 3.8) is 0 Å². The Bertz CT molecular complexity index is 417. The van der Waals surface area contributed by atoms with E-state index in [1.165, 1.54) is 5.56 Å². The molecule has 1 saturated carbocycles. The van der Waals surface area contributed by atoms with Gasteiger partial charge in [0.2, 0.25) is 0 Å². The van der Waals surface area contributed by atoms with Crippen molar-refractivity contribution in [3.05, 3.63) is 29.3 Å². The molecule has 0 spiro atoms. The van der Waals surface area contributed by atoms with E-state index >= 15 is 0 Å². The first-order valence-electron chi connectivity index (χ1n) is 5.54. The number of hydrogen-bond acceptors (Lipinski definition) is 2. The van der Waals surface area contributed by atoms with Crippen molar-refractivity contribution >= 4 is 0 Å². The molecule has 1 aliphatic carbocycles. The van der Waals surface area contributed by atoms with E-state index in [1.54, 1.807) is 0 Å². The lowest BCUT2D eigenvalue weighted by molar-refractivity contribution is 0.118. The van der Waals surface area contributed by atoms with E-state index in [-0.39, 0.29) is 5.60 Å². The molecule has 0 unspecified atom stereocenters. The Morgan fingerprint density at radius 1 is 1.27 bits per heavy atom. The maximum Gasteiger partial charge on any atom is 0.129 e. The van der Waals surface area contributed by atoms with Gasteiger partial charge in [0, 0.05) is 12.0 Å². The van der Waals surface area contributed by atoms with Crippen LogP contribution < -0.4 is 4.74 Å². The quantitative estimate of drug-likeness (QED) is 0.761. The maximum atomic E-state index is 10.2. The third-order valence-electron chi connectivity index (χ3n) is 3.32. The molecular formula is C13H16O2. The predicted molar refractivity (Wildman–Crippen MR) is 58.0 cm³/mol. The fraction of sp³-hybridized carbons (Fsp3) is 0.538. The van der Waals surface area contributed by atoms with Gasteiger partial charge < -0.3 is 9.84 Å². The molecule has 2 aliphatic rings. The number of ether oxygens (including phenoxy) is 1. The zero-order valence-electron chi connectivity index (χ0n) is 9.21. The Balaban J connectivity index is 2.10. The summed E-state index contributed by atoms with van der Waals surface area (Å²) in [6.45, 7) is 4.18. The highest BCUT2D eigenvalue weighted by molar-refractivity contribution is 5.50. The Kier molecular flexibility index (Phi) is 1.57. The van der Waals surface area contributed by atoms with Crippen LogP contribution in [0, 0.1) is 0 Å². The van der Waals surface area contributed by atoms with Crippen molar-refractivity contribution in [2.75, 3.05) is 0 Å². The number of hydrogen-bond donors (Lipinski definition) is 1. The minimum atomic E-state index is -0.592. The van der Waals surface area contributed by atoms with Gasteiger partial charge in [0.05, 0.1) is 5.60 Å². The third kappa shape index (κ3) is 1.36. The van der Waals surface area contributed by atoms with Gasteiger partial charge in [0.25, 0.3) is 0 Å². The summed E-state index contributed by atoms with van der Waals surface area (Å²) in [7, 11) is 0. The van der Waals surface area contributed by atoms with Gasteiger partial charge in [-0.1, -0.05) is 18.2 Å². The third-order valence-corrected chi connectivity index (χ3v) is 3.32. The van der Waals surface area contributed by atoms with Crippen molar-refractivity contribution in [2.45, 2.75) is 44.3 Å². The molecule has 1 aromatic carbocycles. The fourth-order valence-corrected chi connectivity index (χ4v) is 2.37. The molecule has 1 fully saturated rings. The number of para-hydroxylation sites is 1. The molecule has 3 rings (SSSR count). The van der Waals surface area contributed by atoms with Crippen molar-refractivity contribution in [1.82, 2.24) is 0 Å². The molecule has 80 valence electrons. The first kappa shape index (κ1) is 9.22. The standard InChI is InChI=1S/C13H16O2/c1-12(2)8-9-4-3-5-10(11(9)15-12)13(14)6-7-13/h3-5,14H,6-8H2,1-2H3. The molecule has 1 aliphatic heterocycles. The molecule has 0 radical (unpaired) electrons. The number of aliphatic hydroxyl groups is 1. The van der Waals surface area contributed by atoms with E-state index in [1.807, 2.05) is 12.1 Å². The van der Waals surface area contributed by atoms with E-state index in [2.05, 4.69) is 19.9 Å². The van der Waals surface area contributed by atoms with E-state index < -0.39 is 5.60 Å². The van der Waals surface area contributed by atoms with E-state index in [4.69, 9.17) is 4.74 Å². The summed E-state index contributed by atoms with van der Waals surface area (Å²) in [6, 6.07) is 6.11. The highest BCUT2D eigenvalue weighted by Gasteiger charge is 2.46. The SMILES string of the molecule is CC1(C)Cc2cccc(C3(O)CC3)c2O1. The monoisotopic (exact) mass is 204 g/mol. The van der Waals surface area contributed by atoms with Crippen LogP contribution in [-0.2, 0) is 12.0 Å². The molecule has 0 amide bonds. The summed E-state index contributed by atoms with van der Waals surface area (Å²) >= 11 is 0. The molecule has 0 bridgehead atoms. The van der Waals surface area contributed by atoms with Gasteiger partial charge >= 0.3 is 0 Å². The summed E-state index contributed by atoms with van der Waals surface area (Å²) in [5.74, 6) is 0.933. The first-order valence-corrected chi connectivity index (χ1v) is 5.54. The van der Waals surface area contributed by atoms with Gasteiger partial charge in [-0.25, -0.2) is 0 Å². The average Bonchev–Trinajstić information content (AvgIpc) is 2.78. The van der Waals surface area contributed by atoms with Crippen LogP contribution in [0.5, 0.6) is 5.75 Å². The molecule has 0 aromatic heterocycles. The Hall–Kier alpha value is -1.02. The zero-order valence-corrected chi connectivity index (χ0v) is 9.21. The summed E-state index contributed by atoms with van der Waals surface area (Å²) in [6.07, 6.45) is 2.67. The summed E-state index contributed by atoms with van der Waals surface area (Å²) in [5.41, 5.74) is 1.51. The van der Waals surface area contributed by atoms with Gasteiger partial charge in [-0.05, 0) is 32.3 Å². The van der Waals surface area contributed by atoms with Gasteiger partial charge in [-0.15, -0.1) is 0 Å². The predicted octanol–water partition coefficient (Wildman–Crippen LogP) is 2.38. The van der Waals surface area contributed by atoms with Crippen LogP contribution in [0.4, 0.5) is 0 Å². The van der Waals surface area contributed by atoms with Crippen LogP contribution in [0.25, 0.3) is 0 Å². The average molecular weight is 204 g/mol. The molecule has 2 nitrogen and oxygen atoms in total. The largest absolute Gasteiger partial charge is 0.487 e. The van der Waals surface area contributed by atoms with Crippen molar-refractivity contribution in [2.24, 2.45) is 0 Å². The maximum absolute atomic E-state index is 10.2. The fourth-order valence-electron chi connectivity index (χ4n) is 2.37. The second kappa shape index (κ2) is 2.56. The van der Waals surface area contributed by atoms with Crippen molar-refractivity contribution in [3.8, 4) is 5.75 Å². The van der Waals surface area contributed by atoms with Crippen molar-refractivity contribution in [1.29, 1.82) is 0 Å². The normalized spacial score (nSPS) is 24.5. The van der Waals surface area contributed by atoms with Crippen LogP contribution in [0.3, 0.4) is 0 Å². The zero-order chi connectivity index (χ0) is 10.7. The first-order chi connectivity index (χ1) is 7.00. The smallest absolute Gasteiger partial charge is 0.129 e. The van der Waals surface area contributed by atoms with Crippen LogP contribution in [-0.4, -0.2) is 10.7 Å². The number of fused-ring (bicyclic) bond motifs is 1. The van der Waals surface area contributed by atoms with Gasteiger partial charge in [-0.2, -0.15) is 0 Å². The van der Waals surface area contributed by atoms with Crippen LogP contribution in [0.15, 0.2) is 18.2 Å². The lowest BCUT2D eigenvalue weighted by Crippen LogP contribution is -2.25. The highest BCUT2D eigenvalue weighted by atomic mass is 16.5. The molecule has 1 N–H and O–H groups in total. The van der Waals surface area contributed by atoms with E-state index in [0.29, 0.717) is 0 Å². The molecule has 1 aromatic rings. The summed E-state index contributed by atoms with van der Waals surface area (Å²) in [5, 5.41) is 10.2. The lowest BCUT2D eigenvalue weighted by Gasteiger charge is -2.19. The Labute approximate surface area is 89.9 Å². The van der Waals surface area contributed by atoms with Gasteiger partial charge in [0.1, 0.15) is 11.4 Å². The molecule has 15 heavy (non-hydrogen) atoms. The highest BCUT2D eigenvalue weighted by Crippen LogP contribution is 2.51. The van der Waals surface area contributed by atoms with Gasteiger partial charge in [0.15, 0.2) is 0 Å². The Morgan fingerprint density at radius 2 is 2.00 bits per heavy atom. The van der Waals surface area contributed by atoms with Crippen LogP contribution in [0.2, 0.25) is 0 Å². The lowest BCUT2D eigenvalue weighted by atomic mass is 9.98. The molecule has 1 heterocycles. The van der Waals surface area contributed by atoms with Crippen molar-refractivity contribution < 1.29 is 9.84 Å².